The fourth-order valence-electron chi connectivity index (χ4n) is 1.64. The maximum atomic E-state index is 11.2. The molecule has 3 nitrogen and oxygen atoms in total. The van der Waals surface area contributed by atoms with Crippen molar-refractivity contribution in [3.8, 4) is 5.75 Å². The summed E-state index contributed by atoms with van der Waals surface area (Å²) in [5, 5.41) is 2.85. The Bertz CT molecular complexity index is 398. The number of ether oxygens (including phenoxy) is 1. The van der Waals surface area contributed by atoms with Gasteiger partial charge in [0.25, 0.3) is 0 Å². The molecular weight excluding hydrogens is 337 g/mol. The molecule has 1 aliphatic rings. The Morgan fingerprint density at radius 2 is 2.31 bits per heavy atom. The molecule has 1 aliphatic heterocycles. The molecule has 0 fully saturated rings. The van der Waals surface area contributed by atoms with Crippen LogP contribution in [0.5, 0.6) is 5.75 Å². The van der Waals surface area contributed by atoms with Gasteiger partial charge in [-0.3, -0.25) is 4.79 Å². The van der Waals surface area contributed by atoms with Crippen molar-refractivity contribution >= 4 is 41.7 Å². The van der Waals surface area contributed by atoms with Crippen LogP contribution >= 0.6 is 30.1 Å². The highest BCUT2D eigenvalue weighted by Gasteiger charge is 2.14. The number of anilines is 1. The van der Waals surface area contributed by atoms with E-state index >= 15 is 0 Å². The number of amides is 1. The first-order chi connectivity index (χ1) is 7.79. The quantitative estimate of drug-likeness (QED) is 0.671. The number of halogens is 1. The molecule has 1 heterocycles. The van der Waals surface area contributed by atoms with Crippen molar-refractivity contribution < 1.29 is 9.53 Å². The van der Waals surface area contributed by atoms with Gasteiger partial charge in [-0.05, 0) is 51.4 Å². The van der Waals surface area contributed by atoms with E-state index in [4.69, 9.17) is 4.74 Å². The van der Waals surface area contributed by atoms with E-state index in [-0.39, 0.29) is 5.91 Å². The minimum Gasteiger partial charge on any atom is -0.493 e. The summed E-state index contributed by atoms with van der Waals surface area (Å²) in [5.41, 5.74) is 2.09. The Kier molecular flexibility index (Phi) is 4.34. The molecule has 1 N–H and O–H groups in total. The average molecular weight is 349 g/mol. The van der Waals surface area contributed by atoms with Gasteiger partial charge in [-0.1, -0.05) is 8.93 Å². The standard InChI is InChI=1S/C11H12INO2S/c12-16-6-5-15-9-2-3-10-8(7-9)1-4-11(14)13-10/h2-3,7H,1,4-6H2,(H,13,14). The van der Waals surface area contributed by atoms with Gasteiger partial charge in [0, 0.05) is 17.9 Å². The number of hydrogen-bond donors (Lipinski definition) is 1. The van der Waals surface area contributed by atoms with Crippen LogP contribution in [0.15, 0.2) is 18.2 Å². The van der Waals surface area contributed by atoms with E-state index in [1.54, 1.807) is 8.93 Å². The Morgan fingerprint density at radius 3 is 3.12 bits per heavy atom. The van der Waals surface area contributed by atoms with Crippen molar-refractivity contribution in [3.63, 3.8) is 0 Å². The SMILES string of the molecule is O=C1CCc2cc(OCCSI)ccc2N1. The molecule has 0 saturated heterocycles. The zero-order valence-corrected chi connectivity index (χ0v) is 11.6. The van der Waals surface area contributed by atoms with Gasteiger partial charge in [0.05, 0.1) is 6.61 Å². The second kappa shape index (κ2) is 5.77. The number of benzene rings is 1. The number of carbonyl (C=O) groups is 1. The van der Waals surface area contributed by atoms with Crippen LogP contribution in [0.2, 0.25) is 0 Å². The number of carbonyl (C=O) groups excluding carboxylic acids is 1. The summed E-state index contributed by atoms with van der Waals surface area (Å²) < 4.78 is 5.60. The molecule has 1 aromatic rings. The lowest BCUT2D eigenvalue weighted by molar-refractivity contribution is -0.116. The van der Waals surface area contributed by atoms with E-state index in [2.05, 4.69) is 26.5 Å². The fraction of sp³-hybridized carbons (Fsp3) is 0.364. The summed E-state index contributed by atoms with van der Waals surface area (Å²) in [4.78, 5) is 11.2. The number of aryl methyl sites for hydroxylation is 1. The average Bonchev–Trinajstić information content (AvgIpc) is 2.29. The van der Waals surface area contributed by atoms with Crippen LogP contribution in [0, 0.1) is 0 Å². The van der Waals surface area contributed by atoms with E-state index in [0.717, 1.165) is 30.2 Å². The van der Waals surface area contributed by atoms with E-state index in [1.165, 1.54) is 5.56 Å². The van der Waals surface area contributed by atoms with Crippen molar-refractivity contribution in [2.24, 2.45) is 0 Å². The summed E-state index contributed by atoms with van der Waals surface area (Å²) in [5.74, 6) is 1.97. The lowest BCUT2D eigenvalue weighted by atomic mass is 10.0. The summed E-state index contributed by atoms with van der Waals surface area (Å²) in [6.07, 6.45) is 1.37. The number of fused-ring (bicyclic) bond motifs is 1. The highest BCUT2D eigenvalue weighted by atomic mass is 127. The molecule has 0 bridgehead atoms. The van der Waals surface area contributed by atoms with Gasteiger partial charge < -0.3 is 10.1 Å². The highest BCUT2D eigenvalue weighted by molar-refractivity contribution is 14.2. The van der Waals surface area contributed by atoms with Crippen molar-refractivity contribution in [1.29, 1.82) is 0 Å². The number of nitrogens with one attached hydrogen (secondary N) is 1. The predicted molar refractivity (Wildman–Crippen MR) is 75.4 cm³/mol. The molecule has 0 aromatic heterocycles. The molecule has 1 aromatic carbocycles. The maximum Gasteiger partial charge on any atom is 0.224 e. The summed E-state index contributed by atoms with van der Waals surface area (Å²) in [6, 6.07) is 5.84. The minimum absolute atomic E-state index is 0.0995. The van der Waals surface area contributed by atoms with Crippen molar-refractivity contribution in [2.45, 2.75) is 12.8 Å². The highest BCUT2D eigenvalue weighted by Crippen LogP contribution is 2.26. The van der Waals surface area contributed by atoms with Crippen molar-refractivity contribution in [1.82, 2.24) is 0 Å². The van der Waals surface area contributed by atoms with Crippen LogP contribution < -0.4 is 10.1 Å². The first kappa shape index (κ1) is 12.0. The Balaban J connectivity index is 2.04. The van der Waals surface area contributed by atoms with Crippen LogP contribution in [-0.4, -0.2) is 18.3 Å². The zero-order valence-electron chi connectivity index (χ0n) is 8.66. The van der Waals surface area contributed by atoms with Gasteiger partial charge in [-0.15, -0.1) is 0 Å². The van der Waals surface area contributed by atoms with Gasteiger partial charge in [-0.25, -0.2) is 0 Å². The molecule has 5 heteroatoms. The molecular formula is C11H12INO2S. The number of hydrogen-bond acceptors (Lipinski definition) is 3. The summed E-state index contributed by atoms with van der Waals surface area (Å²) in [6.45, 7) is 0.721. The maximum absolute atomic E-state index is 11.2. The minimum atomic E-state index is 0.0995. The first-order valence-electron chi connectivity index (χ1n) is 5.09. The van der Waals surface area contributed by atoms with Crippen molar-refractivity contribution in [3.05, 3.63) is 23.8 Å². The van der Waals surface area contributed by atoms with E-state index in [1.807, 2.05) is 18.2 Å². The monoisotopic (exact) mass is 349 g/mol. The van der Waals surface area contributed by atoms with Crippen LogP contribution in [0.4, 0.5) is 5.69 Å². The zero-order chi connectivity index (χ0) is 11.4. The molecule has 0 aliphatic carbocycles. The van der Waals surface area contributed by atoms with Crippen LogP contribution in [0.25, 0.3) is 0 Å². The molecule has 0 spiro atoms. The smallest absolute Gasteiger partial charge is 0.224 e. The fourth-order valence-corrected chi connectivity index (χ4v) is 2.33. The largest absolute Gasteiger partial charge is 0.493 e. The molecule has 0 saturated carbocycles. The van der Waals surface area contributed by atoms with Crippen LogP contribution in [0.1, 0.15) is 12.0 Å². The third-order valence-electron chi connectivity index (χ3n) is 2.40. The molecule has 86 valence electrons. The Hall–Kier alpha value is -0.430. The molecule has 1 amide bonds. The molecule has 0 unspecified atom stereocenters. The third kappa shape index (κ3) is 3.04. The topological polar surface area (TPSA) is 38.3 Å². The lowest BCUT2D eigenvalue weighted by Gasteiger charge is -2.17. The first-order valence-corrected chi connectivity index (χ1v) is 8.61. The summed E-state index contributed by atoms with van der Waals surface area (Å²) >= 11 is 2.26. The van der Waals surface area contributed by atoms with E-state index < -0.39 is 0 Å². The van der Waals surface area contributed by atoms with E-state index in [9.17, 15) is 4.79 Å². The second-order valence-electron chi connectivity index (χ2n) is 3.53. The van der Waals surface area contributed by atoms with Gasteiger partial charge >= 0.3 is 0 Å². The predicted octanol–water partition coefficient (Wildman–Crippen LogP) is 3.03. The third-order valence-corrected chi connectivity index (χ3v) is 4.04. The molecule has 2 rings (SSSR count). The van der Waals surface area contributed by atoms with Gasteiger partial charge in [-0.2, -0.15) is 0 Å². The molecule has 0 radical (unpaired) electrons. The molecule has 0 atom stereocenters. The second-order valence-corrected chi connectivity index (χ2v) is 6.02. The van der Waals surface area contributed by atoms with Crippen molar-refractivity contribution in [2.75, 3.05) is 17.7 Å². The number of rotatable bonds is 4. The summed E-state index contributed by atoms with van der Waals surface area (Å²) in [7, 11) is 1.74. The Labute approximate surface area is 111 Å². The van der Waals surface area contributed by atoms with E-state index in [0.29, 0.717) is 6.42 Å². The van der Waals surface area contributed by atoms with Crippen LogP contribution in [-0.2, 0) is 11.2 Å². The van der Waals surface area contributed by atoms with Gasteiger partial charge in [0.2, 0.25) is 5.91 Å². The van der Waals surface area contributed by atoms with Gasteiger partial charge in [0.1, 0.15) is 5.75 Å². The lowest BCUT2D eigenvalue weighted by Crippen LogP contribution is -2.18. The van der Waals surface area contributed by atoms with Crippen LogP contribution in [0.3, 0.4) is 0 Å². The normalized spacial score (nSPS) is 14.2. The van der Waals surface area contributed by atoms with Gasteiger partial charge in [0.15, 0.2) is 0 Å². The molecule has 16 heavy (non-hydrogen) atoms. The Morgan fingerprint density at radius 1 is 1.44 bits per heavy atom.